The van der Waals surface area contributed by atoms with E-state index < -0.39 is 0 Å². The molecule has 0 spiro atoms. The third-order valence-corrected chi connectivity index (χ3v) is 3.31. The predicted octanol–water partition coefficient (Wildman–Crippen LogP) is 2.95. The second-order valence-electron chi connectivity index (χ2n) is 5.95. The largest absolute Gasteiger partial charge is 0.329 e. The van der Waals surface area contributed by atoms with Crippen LogP contribution in [0.25, 0.3) is 0 Å². The first-order chi connectivity index (χ1) is 9.00. The Morgan fingerprint density at radius 2 is 1.84 bits per heavy atom. The van der Waals surface area contributed by atoms with Gasteiger partial charge >= 0.3 is 0 Å². The van der Waals surface area contributed by atoms with Crippen molar-refractivity contribution in [2.24, 2.45) is 0 Å². The standard InChI is InChI=1S/C16H23N3/c1-16(2,3)14-7-5-13(6-8-14)12-19-10-9-18-15(19)11-17-4/h5-10,17H,11-12H2,1-4H3. The minimum absolute atomic E-state index is 0.213. The van der Waals surface area contributed by atoms with Crippen molar-refractivity contribution in [1.82, 2.24) is 14.9 Å². The highest BCUT2D eigenvalue weighted by Gasteiger charge is 2.12. The van der Waals surface area contributed by atoms with E-state index in [1.807, 2.05) is 19.4 Å². The molecule has 1 N–H and O–H groups in total. The molecule has 0 aliphatic heterocycles. The molecule has 0 saturated carbocycles. The molecule has 3 nitrogen and oxygen atoms in total. The fourth-order valence-electron chi connectivity index (χ4n) is 2.12. The normalized spacial score (nSPS) is 11.8. The number of aromatic nitrogens is 2. The van der Waals surface area contributed by atoms with Gasteiger partial charge in [-0.25, -0.2) is 4.98 Å². The van der Waals surface area contributed by atoms with Crippen molar-refractivity contribution in [3.05, 3.63) is 53.6 Å². The summed E-state index contributed by atoms with van der Waals surface area (Å²) in [5.41, 5.74) is 2.89. The zero-order valence-electron chi connectivity index (χ0n) is 12.3. The molecule has 2 rings (SSSR count). The first-order valence-electron chi connectivity index (χ1n) is 6.75. The molecule has 0 amide bonds. The Balaban J connectivity index is 2.13. The van der Waals surface area contributed by atoms with E-state index in [9.17, 15) is 0 Å². The third kappa shape index (κ3) is 3.44. The summed E-state index contributed by atoms with van der Waals surface area (Å²) in [6.07, 6.45) is 3.89. The van der Waals surface area contributed by atoms with Gasteiger partial charge in [0.15, 0.2) is 0 Å². The van der Waals surface area contributed by atoms with Crippen LogP contribution in [0.2, 0.25) is 0 Å². The van der Waals surface area contributed by atoms with Crippen molar-refractivity contribution in [3.63, 3.8) is 0 Å². The molecule has 102 valence electrons. The number of benzene rings is 1. The van der Waals surface area contributed by atoms with Gasteiger partial charge in [0.05, 0.1) is 6.54 Å². The molecule has 0 radical (unpaired) electrons. The van der Waals surface area contributed by atoms with Gasteiger partial charge < -0.3 is 9.88 Å². The van der Waals surface area contributed by atoms with Gasteiger partial charge in [-0.2, -0.15) is 0 Å². The quantitative estimate of drug-likeness (QED) is 0.912. The van der Waals surface area contributed by atoms with Crippen molar-refractivity contribution >= 4 is 0 Å². The Kier molecular flexibility index (Phi) is 4.05. The molecule has 1 heterocycles. The van der Waals surface area contributed by atoms with Crippen LogP contribution in [0.1, 0.15) is 37.7 Å². The average molecular weight is 257 g/mol. The molecular formula is C16H23N3. The van der Waals surface area contributed by atoms with Gasteiger partial charge in [0.2, 0.25) is 0 Å². The fourth-order valence-corrected chi connectivity index (χ4v) is 2.12. The van der Waals surface area contributed by atoms with Crippen molar-refractivity contribution < 1.29 is 0 Å². The summed E-state index contributed by atoms with van der Waals surface area (Å²) in [6, 6.07) is 8.88. The van der Waals surface area contributed by atoms with Crippen LogP contribution in [0.5, 0.6) is 0 Å². The molecule has 0 saturated heterocycles. The summed E-state index contributed by atoms with van der Waals surface area (Å²) in [5.74, 6) is 1.07. The number of rotatable bonds is 4. The van der Waals surface area contributed by atoms with E-state index in [1.54, 1.807) is 0 Å². The van der Waals surface area contributed by atoms with Gasteiger partial charge in [0, 0.05) is 18.9 Å². The van der Waals surface area contributed by atoms with E-state index in [0.29, 0.717) is 0 Å². The zero-order valence-corrected chi connectivity index (χ0v) is 12.3. The van der Waals surface area contributed by atoms with Crippen LogP contribution in [0.3, 0.4) is 0 Å². The van der Waals surface area contributed by atoms with E-state index in [-0.39, 0.29) is 5.41 Å². The van der Waals surface area contributed by atoms with Crippen molar-refractivity contribution in [3.8, 4) is 0 Å². The molecule has 19 heavy (non-hydrogen) atoms. The Bertz CT molecular complexity index is 518. The lowest BCUT2D eigenvalue weighted by Gasteiger charge is -2.19. The summed E-state index contributed by atoms with van der Waals surface area (Å²) < 4.78 is 2.18. The summed E-state index contributed by atoms with van der Waals surface area (Å²) >= 11 is 0. The van der Waals surface area contributed by atoms with Gasteiger partial charge in [-0.3, -0.25) is 0 Å². The Labute approximate surface area is 115 Å². The molecule has 3 heteroatoms. The number of hydrogen-bond donors (Lipinski definition) is 1. The van der Waals surface area contributed by atoms with Gasteiger partial charge in [0.1, 0.15) is 5.82 Å². The maximum atomic E-state index is 4.36. The number of nitrogens with zero attached hydrogens (tertiary/aromatic N) is 2. The highest BCUT2D eigenvalue weighted by atomic mass is 15.1. The second kappa shape index (κ2) is 5.57. The van der Waals surface area contributed by atoms with Crippen molar-refractivity contribution in [2.45, 2.75) is 39.3 Å². The summed E-state index contributed by atoms with van der Waals surface area (Å²) in [5, 5.41) is 3.14. The highest BCUT2D eigenvalue weighted by molar-refractivity contribution is 5.27. The predicted molar refractivity (Wildman–Crippen MR) is 79.2 cm³/mol. The highest BCUT2D eigenvalue weighted by Crippen LogP contribution is 2.22. The molecular weight excluding hydrogens is 234 g/mol. The second-order valence-corrected chi connectivity index (χ2v) is 5.95. The molecule has 1 aromatic carbocycles. The topological polar surface area (TPSA) is 29.9 Å². The Morgan fingerprint density at radius 1 is 1.16 bits per heavy atom. The van der Waals surface area contributed by atoms with Crippen LogP contribution < -0.4 is 5.32 Å². The van der Waals surface area contributed by atoms with Crippen molar-refractivity contribution in [1.29, 1.82) is 0 Å². The maximum absolute atomic E-state index is 4.36. The minimum Gasteiger partial charge on any atom is -0.329 e. The van der Waals surface area contributed by atoms with Crippen LogP contribution in [0, 0.1) is 0 Å². The molecule has 0 bridgehead atoms. The minimum atomic E-state index is 0.213. The van der Waals surface area contributed by atoms with Crippen LogP contribution >= 0.6 is 0 Å². The van der Waals surface area contributed by atoms with Gasteiger partial charge in [-0.05, 0) is 23.6 Å². The Morgan fingerprint density at radius 3 is 2.42 bits per heavy atom. The van der Waals surface area contributed by atoms with E-state index in [4.69, 9.17) is 0 Å². The smallest absolute Gasteiger partial charge is 0.122 e. The lowest BCUT2D eigenvalue weighted by Crippen LogP contribution is -2.13. The first-order valence-corrected chi connectivity index (χ1v) is 6.75. The lowest BCUT2D eigenvalue weighted by molar-refractivity contribution is 0.589. The van der Waals surface area contributed by atoms with Gasteiger partial charge in [-0.1, -0.05) is 45.0 Å². The van der Waals surface area contributed by atoms with Crippen LogP contribution in [0.15, 0.2) is 36.7 Å². The van der Waals surface area contributed by atoms with E-state index >= 15 is 0 Å². The number of nitrogens with one attached hydrogen (secondary N) is 1. The maximum Gasteiger partial charge on any atom is 0.122 e. The summed E-state index contributed by atoms with van der Waals surface area (Å²) in [4.78, 5) is 4.36. The van der Waals surface area contributed by atoms with E-state index in [2.05, 4.69) is 59.9 Å². The average Bonchev–Trinajstić information content (AvgIpc) is 2.77. The third-order valence-electron chi connectivity index (χ3n) is 3.31. The number of imidazole rings is 1. The molecule has 0 aliphatic carbocycles. The molecule has 0 fully saturated rings. The fraction of sp³-hybridized carbons (Fsp3) is 0.438. The summed E-state index contributed by atoms with van der Waals surface area (Å²) in [7, 11) is 1.94. The Hall–Kier alpha value is -1.61. The van der Waals surface area contributed by atoms with Crippen LogP contribution in [-0.4, -0.2) is 16.6 Å². The van der Waals surface area contributed by atoms with E-state index in [1.165, 1.54) is 11.1 Å². The molecule has 0 aliphatic rings. The molecule has 2 aromatic rings. The monoisotopic (exact) mass is 257 g/mol. The van der Waals surface area contributed by atoms with Gasteiger partial charge in [0.25, 0.3) is 0 Å². The van der Waals surface area contributed by atoms with Crippen LogP contribution in [0.4, 0.5) is 0 Å². The molecule has 0 unspecified atom stereocenters. The lowest BCUT2D eigenvalue weighted by atomic mass is 9.87. The zero-order chi connectivity index (χ0) is 13.9. The van der Waals surface area contributed by atoms with Crippen molar-refractivity contribution in [2.75, 3.05) is 7.05 Å². The van der Waals surface area contributed by atoms with Crippen LogP contribution in [-0.2, 0) is 18.5 Å². The van der Waals surface area contributed by atoms with Gasteiger partial charge in [-0.15, -0.1) is 0 Å². The van der Waals surface area contributed by atoms with E-state index in [0.717, 1.165) is 18.9 Å². The molecule has 0 atom stereocenters. The first kappa shape index (κ1) is 13.8. The number of hydrogen-bond acceptors (Lipinski definition) is 2. The molecule has 1 aromatic heterocycles. The summed E-state index contributed by atoms with van der Waals surface area (Å²) in [6.45, 7) is 8.39. The SMILES string of the molecule is CNCc1nccn1Cc1ccc(C(C)(C)C)cc1.